The van der Waals surface area contributed by atoms with Crippen LogP contribution >= 0.6 is 0 Å². The predicted octanol–water partition coefficient (Wildman–Crippen LogP) is 1.62. The van der Waals surface area contributed by atoms with Crippen LogP contribution in [0, 0.1) is 0 Å². The molecule has 0 aliphatic carbocycles. The minimum Gasteiger partial charge on any atom is -0.303 e. The lowest BCUT2D eigenvalue weighted by atomic mass is 10.5. The lowest BCUT2D eigenvalue weighted by Crippen LogP contribution is -2.32. The number of nitrogens with zero attached hydrogens (tertiary/aromatic N) is 1. The molecule has 0 unspecified atom stereocenters. The van der Waals surface area contributed by atoms with Crippen LogP contribution in [0.3, 0.4) is 0 Å². The lowest BCUT2D eigenvalue weighted by Gasteiger charge is -2.21. The molecule has 0 aliphatic heterocycles. The molecule has 8 heavy (non-hydrogen) atoms. The SMILES string of the molecule is C/C=C\[N+](C)(C)CC. The van der Waals surface area contributed by atoms with E-state index >= 15 is 0 Å². The summed E-state index contributed by atoms with van der Waals surface area (Å²) < 4.78 is 0.983. The Labute approximate surface area is 52.2 Å². The van der Waals surface area contributed by atoms with Crippen molar-refractivity contribution in [3.63, 3.8) is 0 Å². The number of hydrogen-bond acceptors (Lipinski definition) is 0. The van der Waals surface area contributed by atoms with Gasteiger partial charge < -0.3 is 4.48 Å². The zero-order valence-electron chi connectivity index (χ0n) is 6.31. The molecule has 0 amide bonds. The van der Waals surface area contributed by atoms with E-state index in [9.17, 15) is 0 Å². The largest absolute Gasteiger partial charge is 0.303 e. The molecular weight excluding hydrogens is 98.1 g/mol. The molecule has 0 aromatic heterocycles. The highest BCUT2D eigenvalue weighted by molar-refractivity contribution is 4.65. The van der Waals surface area contributed by atoms with E-state index in [1.807, 2.05) is 0 Å². The van der Waals surface area contributed by atoms with Gasteiger partial charge >= 0.3 is 0 Å². The molecule has 48 valence electrons. The number of allylic oxidation sites excluding steroid dienone is 1. The summed E-state index contributed by atoms with van der Waals surface area (Å²) in [4.78, 5) is 0. The van der Waals surface area contributed by atoms with Gasteiger partial charge in [-0.3, -0.25) is 0 Å². The minimum atomic E-state index is 0.983. The molecule has 0 radical (unpaired) electrons. The average molecular weight is 114 g/mol. The van der Waals surface area contributed by atoms with Crippen LogP contribution in [0.25, 0.3) is 0 Å². The molecule has 0 aromatic carbocycles. The van der Waals surface area contributed by atoms with Crippen molar-refractivity contribution in [2.24, 2.45) is 0 Å². The summed E-state index contributed by atoms with van der Waals surface area (Å²) in [7, 11) is 4.36. The lowest BCUT2D eigenvalue weighted by molar-refractivity contribution is -0.836. The molecule has 0 saturated heterocycles. The first-order valence-electron chi connectivity index (χ1n) is 3.09. The topological polar surface area (TPSA) is 0 Å². The summed E-state index contributed by atoms with van der Waals surface area (Å²) in [6.07, 6.45) is 4.27. The maximum absolute atomic E-state index is 2.18. The van der Waals surface area contributed by atoms with Crippen molar-refractivity contribution in [3.05, 3.63) is 12.3 Å². The summed E-state index contributed by atoms with van der Waals surface area (Å²) in [5.41, 5.74) is 0. The normalized spacial score (nSPS) is 13.0. The van der Waals surface area contributed by atoms with Gasteiger partial charge in [0, 0.05) is 0 Å². The highest BCUT2D eigenvalue weighted by Gasteiger charge is 2.03. The molecule has 0 N–H and O–H groups in total. The second-order valence-electron chi connectivity index (χ2n) is 2.58. The van der Waals surface area contributed by atoms with Crippen LogP contribution in [0.1, 0.15) is 13.8 Å². The smallest absolute Gasteiger partial charge is 0.0910 e. The van der Waals surface area contributed by atoms with Gasteiger partial charge in [-0.15, -0.1) is 0 Å². The second kappa shape index (κ2) is 2.88. The highest BCUT2D eigenvalue weighted by Crippen LogP contribution is 1.95. The Kier molecular flexibility index (Phi) is 2.77. The third-order valence-electron chi connectivity index (χ3n) is 1.37. The molecule has 0 aromatic rings. The molecule has 0 atom stereocenters. The van der Waals surface area contributed by atoms with E-state index in [1.54, 1.807) is 0 Å². The average Bonchev–Trinajstić information content (AvgIpc) is 1.67. The zero-order valence-corrected chi connectivity index (χ0v) is 6.31. The van der Waals surface area contributed by atoms with E-state index in [2.05, 4.69) is 40.2 Å². The van der Waals surface area contributed by atoms with Crippen LogP contribution < -0.4 is 0 Å². The highest BCUT2D eigenvalue weighted by atomic mass is 15.3. The number of quaternary nitrogens is 1. The van der Waals surface area contributed by atoms with E-state index in [0.717, 1.165) is 11.0 Å². The molecule has 0 heterocycles. The van der Waals surface area contributed by atoms with Gasteiger partial charge in [-0.25, -0.2) is 0 Å². The first kappa shape index (κ1) is 7.70. The summed E-state index contributed by atoms with van der Waals surface area (Å²) in [6.45, 7) is 5.39. The molecule has 1 heteroatoms. The Morgan fingerprint density at radius 2 is 1.88 bits per heavy atom. The maximum Gasteiger partial charge on any atom is 0.0910 e. The summed E-state index contributed by atoms with van der Waals surface area (Å²) in [6, 6.07) is 0. The van der Waals surface area contributed by atoms with Crippen molar-refractivity contribution < 1.29 is 4.48 Å². The van der Waals surface area contributed by atoms with E-state index in [-0.39, 0.29) is 0 Å². The predicted molar refractivity (Wildman–Crippen MR) is 37.5 cm³/mol. The molecule has 0 saturated carbocycles. The Morgan fingerprint density at radius 3 is 2.00 bits per heavy atom. The van der Waals surface area contributed by atoms with Gasteiger partial charge in [0.05, 0.1) is 26.8 Å². The summed E-state index contributed by atoms with van der Waals surface area (Å²) >= 11 is 0. The second-order valence-corrected chi connectivity index (χ2v) is 2.58. The minimum absolute atomic E-state index is 0.983. The molecule has 0 bridgehead atoms. The van der Waals surface area contributed by atoms with Crippen molar-refractivity contribution in [2.75, 3.05) is 20.6 Å². The Morgan fingerprint density at radius 1 is 1.38 bits per heavy atom. The molecule has 1 nitrogen and oxygen atoms in total. The van der Waals surface area contributed by atoms with Gasteiger partial charge in [-0.1, -0.05) is 0 Å². The fourth-order valence-electron chi connectivity index (χ4n) is 0.509. The van der Waals surface area contributed by atoms with Crippen molar-refractivity contribution >= 4 is 0 Å². The van der Waals surface area contributed by atoms with Crippen LogP contribution in [0.2, 0.25) is 0 Å². The summed E-state index contributed by atoms with van der Waals surface area (Å²) in [5.74, 6) is 0. The standard InChI is InChI=1S/C7H16N/c1-5-7-8(3,4)6-2/h5,7H,6H2,1-4H3/q+1/b7-5-. The van der Waals surface area contributed by atoms with Crippen molar-refractivity contribution in [2.45, 2.75) is 13.8 Å². The first-order chi connectivity index (χ1) is 3.62. The van der Waals surface area contributed by atoms with Crippen LogP contribution in [-0.4, -0.2) is 25.1 Å². The Hall–Kier alpha value is -0.300. The van der Waals surface area contributed by atoms with E-state index < -0.39 is 0 Å². The van der Waals surface area contributed by atoms with Crippen LogP contribution in [0.15, 0.2) is 12.3 Å². The third kappa shape index (κ3) is 2.80. The van der Waals surface area contributed by atoms with Gasteiger partial charge in [0.1, 0.15) is 0 Å². The number of hydrogen-bond donors (Lipinski definition) is 0. The molecule has 0 fully saturated rings. The summed E-state index contributed by atoms with van der Waals surface area (Å²) in [5, 5.41) is 0. The van der Waals surface area contributed by atoms with Gasteiger partial charge in [0.15, 0.2) is 0 Å². The maximum atomic E-state index is 2.18. The van der Waals surface area contributed by atoms with Crippen molar-refractivity contribution in [1.29, 1.82) is 0 Å². The Bertz CT molecular complexity index is 82.4. The monoisotopic (exact) mass is 114 g/mol. The van der Waals surface area contributed by atoms with E-state index in [1.165, 1.54) is 0 Å². The van der Waals surface area contributed by atoms with Crippen LogP contribution in [0.4, 0.5) is 0 Å². The quantitative estimate of drug-likeness (QED) is 0.478. The van der Waals surface area contributed by atoms with Crippen molar-refractivity contribution in [3.8, 4) is 0 Å². The third-order valence-corrected chi connectivity index (χ3v) is 1.37. The fraction of sp³-hybridized carbons (Fsp3) is 0.714. The molecular formula is C7H16N+. The molecule has 0 spiro atoms. The van der Waals surface area contributed by atoms with Gasteiger partial charge in [-0.2, -0.15) is 0 Å². The Balaban J connectivity index is 3.71. The fourth-order valence-corrected chi connectivity index (χ4v) is 0.509. The van der Waals surface area contributed by atoms with Crippen molar-refractivity contribution in [1.82, 2.24) is 0 Å². The van der Waals surface area contributed by atoms with Crippen LogP contribution in [-0.2, 0) is 0 Å². The van der Waals surface area contributed by atoms with E-state index in [4.69, 9.17) is 0 Å². The zero-order chi connectivity index (χ0) is 6.62. The van der Waals surface area contributed by atoms with Gasteiger partial charge in [0.2, 0.25) is 0 Å². The van der Waals surface area contributed by atoms with Gasteiger partial charge in [-0.05, 0) is 19.9 Å². The first-order valence-corrected chi connectivity index (χ1v) is 3.09. The molecule has 0 aliphatic rings. The number of rotatable bonds is 2. The van der Waals surface area contributed by atoms with E-state index in [0.29, 0.717) is 0 Å². The molecule has 0 rings (SSSR count). The van der Waals surface area contributed by atoms with Gasteiger partial charge in [0.25, 0.3) is 0 Å². The van der Waals surface area contributed by atoms with Crippen LogP contribution in [0.5, 0.6) is 0 Å².